The Morgan fingerprint density at radius 2 is 2.15 bits per heavy atom. The summed E-state index contributed by atoms with van der Waals surface area (Å²) >= 11 is 0. The predicted octanol–water partition coefficient (Wildman–Crippen LogP) is 0.837. The lowest BCUT2D eigenvalue weighted by atomic mass is 10.2. The quantitative estimate of drug-likeness (QED) is 0.628. The van der Waals surface area contributed by atoms with Crippen LogP contribution in [0, 0.1) is 6.07 Å². The molecule has 1 heterocycles. The van der Waals surface area contributed by atoms with Crippen molar-refractivity contribution in [2.75, 3.05) is 11.5 Å². The van der Waals surface area contributed by atoms with Crippen molar-refractivity contribution in [3.63, 3.8) is 0 Å². The van der Waals surface area contributed by atoms with Gasteiger partial charge in [-0.15, -0.1) is 0 Å². The van der Waals surface area contributed by atoms with Crippen LogP contribution in [0.5, 0.6) is 0 Å². The number of aromatic nitrogens is 2. The van der Waals surface area contributed by atoms with Crippen molar-refractivity contribution < 1.29 is 0 Å². The maximum atomic E-state index is 5.77. The molecule has 4 nitrogen and oxygen atoms in total. The van der Waals surface area contributed by atoms with Crippen LogP contribution in [0.25, 0.3) is 5.69 Å². The van der Waals surface area contributed by atoms with Crippen LogP contribution < -0.4 is 11.5 Å². The smallest absolute Gasteiger partial charge is 0.0896 e. The van der Waals surface area contributed by atoms with Crippen LogP contribution in [0.15, 0.2) is 30.6 Å². The summed E-state index contributed by atoms with van der Waals surface area (Å²) in [6, 6.07) is 8.28. The molecule has 0 aliphatic carbocycles. The summed E-state index contributed by atoms with van der Waals surface area (Å²) < 4.78 is 1.63. The number of para-hydroxylation sites is 1. The molecule has 0 unspecified atom stereocenters. The van der Waals surface area contributed by atoms with E-state index in [1.54, 1.807) is 23.1 Å². The average molecular weight is 173 g/mol. The van der Waals surface area contributed by atoms with Crippen LogP contribution in [0.2, 0.25) is 0 Å². The van der Waals surface area contributed by atoms with Gasteiger partial charge in [-0.1, -0.05) is 6.07 Å². The fourth-order valence-electron chi connectivity index (χ4n) is 1.13. The Kier molecular flexibility index (Phi) is 1.66. The highest BCUT2D eigenvalue weighted by Gasteiger charge is 2.03. The zero-order valence-electron chi connectivity index (χ0n) is 6.94. The molecule has 0 saturated carbocycles. The number of nitrogens with zero attached hydrogens (tertiary/aromatic N) is 2. The van der Waals surface area contributed by atoms with Gasteiger partial charge in [-0.3, -0.25) is 0 Å². The molecule has 0 atom stereocenters. The molecule has 0 aliphatic rings. The van der Waals surface area contributed by atoms with Crippen molar-refractivity contribution in [1.29, 1.82) is 0 Å². The van der Waals surface area contributed by atoms with E-state index >= 15 is 0 Å². The van der Waals surface area contributed by atoms with Gasteiger partial charge in [0.25, 0.3) is 0 Å². The van der Waals surface area contributed by atoms with Crippen LogP contribution >= 0.6 is 0 Å². The van der Waals surface area contributed by atoms with E-state index < -0.39 is 0 Å². The minimum atomic E-state index is 0.541. The van der Waals surface area contributed by atoms with Crippen molar-refractivity contribution in [3.8, 4) is 5.69 Å². The Labute approximate surface area is 75.8 Å². The highest BCUT2D eigenvalue weighted by molar-refractivity contribution is 5.73. The molecule has 4 heteroatoms. The predicted molar refractivity (Wildman–Crippen MR) is 51.2 cm³/mol. The molecule has 0 fully saturated rings. The van der Waals surface area contributed by atoms with Crippen LogP contribution in [0.4, 0.5) is 11.4 Å². The second-order valence-corrected chi connectivity index (χ2v) is 2.66. The van der Waals surface area contributed by atoms with E-state index in [9.17, 15) is 0 Å². The SMILES string of the molecule is Nc1cccc(-n2c[c]cn2)c1N. The Morgan fingerprint density at radius 3 is 2.85 bits per heavy atom. The standard InChI is InChI=1S/C9H9N4/c10-7-3-1-4-8(9(7)11)13-6-2-5-12-13/h1,3-6H,10-11H2. The number of hydrogen-bond acceptors (Lipinski definition) is 3. The molecular formula is C9H9N4. The molecular weight excluding hydrogens is 164 g/mol. The Hall–Kier alpha value is -1.97. The molecule has 0 amide bonds. The summed E-state index contributed by atoms with van der Waals surface area (Å²) in [5.41, 5.74) is 13.3. The lowest BCUT2D eigenvalue weighted by molar-refractivity contribution is 0.883. The highest BCUT2D eigenvalue weighted by Crippen LogP contribution is 2.21. The third kappa shape index (κ3) is 1.22. The van der Waals surface area contributed by atoms with Crippen molar-refractivity contribution in [1.82, 2.24) is 9.78 Å². The Balaban J connectivity index is 2.59. The maximum Gasteiger partial charge on any atom is 0.0896 e. The molecule has 65 valence electrons. The van der Waals surface area contributed by atoms with E-state index in [-0.39, 0.29) is 0 Å². The first kappa shape index (κ1) is 7.67. The van der Waals surface area contributed by atoms with Gasteiger partial charge in [-0.2, -0.15) is 5.10 Å². The van der Waals surface area contributed by atoms with E-state index in [0.717, 1.165) is 5.69 Å². The van der Waals surface area contributed by atoms with Gasteiger partial charge in [-0.25, -0.2) is 4.68 Å². The zero-order valence-corrected chi connectivity index (χ0v) is 6.94. The molecule has 2 rings (SSSR count). The summed E-state index contributed by atoms with van der Waals surface area (Å²) in [6.45, 7) is 0. The molecule has 0 spiro atoms. The number of nitrogens with two attached hydrogens (primary N) is 2. The van der Waals surface area contributed by atoms with E-state index in [4.69, 9.17) is 11.5 Å². The first-order valence-corrected chi connectivity index (χ1v) is 3.84. The van der Waals surface area contributed by atoms with Gasteiger partial charge in [0.1, 0.15) is 0 Å². The average Bonchev–Trinajstić information content (AvgIpc) is 2.62. The van der Waals surface area contributed by atoms with Gasteiger partial charge in [-0.05, 0) is 12.1 Å². The van der Waals surface area contributed by atoms with E-state index in [1.165, 1.54) is 0 Å². The zero-order chi connectivity index (χ0) is 9.26. The summed E-state index contributed by atoms with van der Waals surface area (Å²) in [5, 5.41) is 4.01. The monoisotopic (exact) mass is 173 g/mol. The van der Waals surface area contributed by atoms with Gasteiger partial charge in [0.2, 0.25) is 0 Å². The minimum absolute atomic E-state index is 0.541. The molecule has 0 saturated heterocycles. The number of anilines is 2. The van der Waals surface area contributed by atoms with Gasteiger partial charge < -0.3 is 11.5 Å². The first-order valence-electron chi connectivity index (χ1n) is 3.84. The van der Waals surface area contributed by atoms with Gasteiger partial charge in [0, 0.05) is 12.3 Å². The lowest BCUT2D eigenvalue weighted by Crippen LogP contribution is -2.02. The molecule has 1 aromatic carbocycles. The lowest BCUT2D eigenvalue weighted by Gasteiger charge is -2.06. The molecule has 0 aliphatic heterocycles. The second-order valence-electron chi connectivity index (χ2n) is 2.66. The number of nitrogen functional groups attached to an aromatic ring is 2. The number of hydrogen-bond donors (Lipinski definition) is 2. The first-order chi connectivity index (χ1) is 6.29. The van der Waals surface area contributed by atoms with Gasteiger partial charge >= 0.3 is 0 Å². The van der Waals surface area contributed by atoms with Crippen molar-refractivity contribution in [3.05, 3.63) is 36.7 Å². The molecule has 0 bridgehead atoms. The fraction of sp³-hybridized carbons (Fsp3) is 0. The van der Waals surface area contributed by atoms with E-state index in [2.05, 4.69) is 11.2 Å². The molecule has 1 aromatic heterocycles. The molecule has 2 aromatic rings. The highest BCUT2D eigenvalue weighted by atomic mass is 15.3. The number of rotatable bonds is 1. The van der Waals surface area contributed by atoms with Crippen LogP contribution in [0.1, 0.15) is 0 Å². The van der Waals surface area contributed by atoms with Crippen molar-refractivity contribution in [2.45, 2.75) is 0 Å². The summed E-state index contributed by atoms with van der Waals surface area (Å²) in [6.07, 6.45) is 3.27. The summed E-state index contributed by atoms with van der Waals surface area (Å²) in [4.78, 5) is 0. The summed E-state index contributed by atoms with van der Waals surface area (Å²) in [5.74, 6) is 0. The maximum absolute atomic E-state index is 5.77. The van der Waals surface area contributed by atoms with Crippen molar-refractivity contribution in [2.24, 2.45) is 0 Å². The van der Waals surface area contributed by atoms with Gasteiger partial charge in [0.05, 0.1) is 23.3 Å². The van der Waals surface area contributed by atoms with Crippen molar-refractivity contribution >= 4 is 11.4 Å². The molecule has 4 N–H and O–H groups in total. The minimum Gasteiger partial charge on any atom is -0.397 e. The Bertz CT molecular complexity index is 406. The largest absolute Gasteiger partial charge is 0.397 e. The van der Waals surface area contributed by atoms with Crippen LogP contribution in [-0.4, -0.2) is 9.78 Å². The molecule has 13 heavy (non-hydrogen) atoms. The van der Waals surface area contributed by atoms with Crippen LogP contribution in [0.3, 0.4) is 0 Å². The second kappa shape index (κ2) is 2.82. The molecule has 1 radical (unpaired) electrons. The van der Waals surface area contributed by atoms with E-state index in [1.807, 2.05) is 12.1 Å². The topological polar surface area (TPSA) is 69.9 Å². The third-order valence-corrected chi connectivity index (χ3v) is 1.82. The third-order valence-electron chi connectivity index (χ3n) is 1.82. The number of benzene rings is 1. The Morgan fingerprint density at radius 1 is 1.31 bits per heavy atom. The van der Waals surface area contributed by atoms with Gasteiger partial charge in [0.15, 0.2) is 0 Å². The van der Waals surface area contributed by atoms with E-state index in [0.29, 0.717) is 11.4 Å². The normalized spacial score (nSPS) is 10.2. The fourth-order valence-corrected chi connectivity index (χ4v) is 1.13. The van der Waals surface area contributed by atoms with Crippen LogP contribution in [-0.2, 0) is 0 Å². The summed E-state index contributed by atoms with van der Waals surface area (Å²) in [7, 11) is 0.